The average Bonchev–Trinajstić information content (AvgIpc) is 3.02. The van der Waals surface area contributed by atoms with Crippen molar-refractivity contribution in [1.29, 1.82) is 0 Å². The highest BCUT2D eigenvalue weighted by molar-refractivity contribution is 6.01. The highest BCUT2D eigenvalue weighted by Crippen LogP contribution is 2.12. The summed E-state index contributed by atoms with van der Waals surface area (Å²) < 4.78 is 5.13. The van der Waals surface area contributed by atoms with Crippen molar-refractivity contribution in [3.63, 3.8) is 0 Å². The molecule has 1 aromatic rings. The zero-order valence-electron chi connectivity index (χ0n) is 17.5. The summed E-state index contributed by atoms with van der Waals surface area (Å²) in [6, 6.07) is 8.15. The highest BCUT2D eigenvalue weighted by atomic mass is 16.7. The van der Waals surface area contributed by atoms with E-state index in [1.165, 1.54) is 6.92 Å². The van der Waals surface area contributed by atoms with Crippen LogP contribution in [0.1, 0.15) is 39.2 Å². The summed E-state index contributed by atoms with van der Waals surface area (Å²) in [5, 5.41) is 7.69. The molecule has 1 aliphatic heterocycles. The lowest BCUT2D eigenvalue weighted by atomic mass is 10.0. The number of alkyl carbamates (subject to hydrolysis) is 1. The van der Waals surface area contributed by atoms with E-state index in [1.54, 1.807) is 26.0 Å². The number of ether oxygens (including phenoxy) is 1. The topological polar surface area (TPSA) is 143 Å². The molecule has 2 rings (SSSR count). The summed E-state index contributed by atoms with van der Waals surface area (Å²) in [6.45, 7) is 4.98. The van der Waals surface area contributed by atoms with E-state index in [0.717, 1.165) is 5.56 Å². The van der Waals surface area contributed by atoms with Crippen molar-refractivity contribution < 1.29 is 33.5 Å². The lowest BCUT2D eigenvalue weighted by Gasteiger charge is -2.24. The molecule has 168 valence electrons. The van der Waals surface area contributed by atoms with Crippen LogP contribution < -0.4 is 16.0 Å². The molecule has 0 spiro atoms. The first-order chi connectivity index (χ1) is 14.7. The van der Waals surface area contributed by atoms with E-state index in [4.69, 9.17) is 4.74 Å². The number of rotatable bonds is 8. The zero-order chi connectivity index (χ0) is 23.0. The highest BCUT2D eigenvalue weighted by Gasteiger charge is 2.33. The Labute approximate surface area is 179 Å². The van der Waals surface area contributed by atoms with Gasteiger partial charge in [-0.05, 0) is 18.4 Å². The molecular formula is C20H26N4O7. The molecule has 0 saturated carbocycles. The molecule has 1 saturated heterocycles. The van der Waals surface area contributed by atoms with Crippen molar-refractivity contribution >= 4 is 29.9 Å². The van der Waals surface area contributed by atoms with Gasteiger partial charge in [-0.3, -0.25) is 19.7 Å². The van der Waals surface area contributed by atoms with Crippen molar-refractivity contribution in [2.75, 3.05) is 0 Å². The number of amides is 5. The fourth-order valence-electron chi connectivity index (χ4n) is 2.71. The molecule has 0 bridgehead atoms. The van der Waals surface area contributed by atoms with Gasteiger partial charge in [-0.1, -0.05) is 44.2 Å². The van der Waals surface area contributed by atoms with Crippen LogP contribution in [0.15, 0.2) is 30.3 Å². The van der Waals surface area contributed by atoms with Gasteiger partial charge in [0.2, 0.25) is 5.91 Å². The fraction of sp³-hybridized carbons (Fsp3) is 0.450. The van der Waals surface area contributed by atoms with Crippen LogP contribution in [0.3, 0.4) is 0 Å². The Kier molecular flexibility index (Phi) is 8.35. The number of nitrogens with one attached hydrogen (secondary N) is 3. The summed E-state index contributed by atoms with van der Waals surface area (Å²) in [7, 11) is 0. The monoisotopic (exact) mass is 434 g/mol. The van der Waals surface area contributed by atoms with Crippen molar-refractivity contribution in [3.05, 3.63) is 35.9 Å². The Hall–Kier alpha value is -3.63. The molecule has 3 N–H and O–H groups in total. The third-order valence-corrected chi connectivity index (χ3v) is 4.31. The second-order valence-electron chi connectivity index (χ2n) is 7.26. The van der Waals surface area contributed by atoms with Crippen LogP contribution in [0.5, 0.6) is 0 Å². The van der Waals surface area contributed by atoms with Gasteiger partial charge in [0.15, 0.2) is 0 Å². The van der Waals surface area contributed by atoms with Gasteiger partial charge >= 0.3 is 12.2 Å². The molecule has 1 fully saturated rings. The molecular weight excluding hydrogens is 408 g/mol. The summed E-state index contributed by atoms with van der Waals surface area (Å²) in [5.41, 5.74) is 0.800. The Balaban J connectivity index is 1.82. The van der Waals surface area contributed by atoms with E-state index in [0.29, 0.717) is 5.06 Å². The quantitative estimate of drug-likeness (QED) is 0.412. The largest absolute Gasteiger partial charge is 0.445 e. The summed E-state index contributed by atoms with van der Waals surface area (Å²) in [4.78, 5) is 64.1. The number of carbonyl (C=O) groups excluding carboxylic acids is 5. The van der Waals surface area contributed by atoms with Crippen molar-refractivity contribution in [2.24, 2.45) is 5.92 Å². The first-order valence-electron chi connectivity index (χ1n) is 9.79. The van der Waals surface area contributed by atoms with Gasteiger partial charge in [-0.15, -0.1) is 5.06 Å². The van der Waals surface area contributed by atoms with Crippen LogP contribution in [-0.4, -0.2) is 47.2 Å². The molecule has 31 heavy (non-hydrogen) atoms. The van der Waals surface area contributed by atoms with E-state index in [2.05, 4.69) is 20.8 Å². The van der Waals surface area contributed by atoms with Gasteiger partial charge in [0.25, 0.3) is 11.8 Å². The van der Waals surface area contributed by atoms with Crippen LogP contribution in [0.25, 0.3) is 0 Å². The molecule has 1 heterocycles. The van der Waals surface area contributed by atoms with E-state index in [9.17, 15) is 24.0 Å². The summed E-state index contributed by atoms with van der Waals surface area (Å²) >= 11 is 0. The van der Waals surface area contributed by atoms with Gasteiger partial charge in [0.1, 0.15) is 18.8 Å². The van der Waals surface area contributed by atoms with Crippen molar-refractivity contribution in [1.82, 2.24) is 21.0 Å². The summed E-state index contributed by atoms with van der Waals surface area (Å²) in [6.07, 6.45) is -2.80. The van der Waals surface area contributed by atoms with Crippen LogP contribution in [0, 0.1) is 5.92 Å². The maximum absolute atomic E-state index is 12.5. The third kappa shape index (κ3) is 7.28. The molecule has 11 nitrogen and oxygen atoms in total. The molecule has 1 aromatic carbocycles. The second kappa shape index (κ2) is 11.0. The number of hydrogen-bond donors (Lipinski definition) is 3. The number of nitrogens with zero attached hydrogens (tertiary/aromatic N) is 1. The van der Waals surface area contributed by atoms with Crippen LogP contribution in [0.4, 0.5) is 9.59 Å². The number of hydrogen-bond acceptors (Lipinski definition) is 7. The van der Waals surface area contributed by atoms with E-state index >= 15 is 0 Å². The minimum absolute atomic E-state index is 0.0273. The first-order valence-corrected chi connectivity index (χ1v) is 9.79. The maximum Gasteiger partial charge on any atom is 0.433 e. The van der Waals surface area contributed by atoms with Crippen LogP contribution >= 0.6 is 0 Å². The fourth-order valence-corrected chi connectivity index (χ4v) is 2.71. The van der Waals surface area contributed by atoms with Gasteiger partial charge < -0.3 is 20.2 Å². The second-order valence-corrected chi connectivity index (χ2v) is 7.26. The van der Waals surface area contributed by atoms with Gasteiger partial charge in [0, 0.05) is 12.8 Å². The lowest BCUT2D eigenvalue weighted by molar-refractivity contribution is -0.171. The predicted molar refractivity (Wildman–Crippen MR) is 107 cm³/mol. The van der Waals surface area contributed by atoms with E-state index in [-0.39, 0.29) is 25.4 Å². The first kappa shape index (κ1) is 23.6. The number of benzene rings is 1. The molecule has 0 unspecified atom stereocenters. The minimum atomic E-state index is -1.08. The molecule has 1 aliphatic rings. The normalized spacial score (nSPS) is 15.3. The van der Waals surface area contributed by atoms with Crippen LogP contribution in [0.2, 0.25) is 0 Å². The lowest BCUT2D eigenvalue weighted by Crippen LogP contribution is -2.55. The molecule has 5 amide bonds. The maximum atomic E-state index is 12.5. The Morgan fingerprint density at radius 1 is 0.935 bits per heavy atom. The number of imide groups is 1. The minimum Gasteiger partial charge on any atom is -0.445 e. The van der Waals surface area contributed by atoms with Gasteiger partial charge in [0.05, 0.1) is 0 Å². The zero-order valence-corrected chi connectivity index (χ0v) is 17.5. The SMILES string of the molecule is CC(C)[C@H](NC(=O)OCc1ccccc1)C(=O)N[C@@H](C)NC(=O)ON1C(=O)CCC1=O. The molecule has 0 radical (unpaired) electrons. The van der Waals surface area contributed by atoms with Crippen molar-refractivity contribution in [2.45, 2.75) is 52.4 Å². The molecule has 0 aliphatic carbocycles. The van der Waals surface area contributed by atoms with E-state index < -0.39 is 42.1 Å². The molecule has 11 heteroatoms. The predicted octanol–water partition coefficient (Wildman–Crippen LogP) is 1.19. The third-order valence-electron chi connectivity index (χ3n) is 4.31. The Morgan fingerprint density at radius 3 is 2.13 bits per heavy atom. The van der Waals surface area contributed by atoms with Crippen molar-refractivity contribution in [3.8, 4) is 0 Å². The number of hydroxylamine groups is 2. The Bertz CT molecular complexity index is 812. The van der Waals surface area contributed by atoms with Gasteiger partial charge in [-0.25, -0.2) is 9.59 Å². The number of carbonyl (C=O) groups is 5. The Morgan fingerprint density at radius 2 is 1.55 bits per heavy atom. The van der Waals surface area contributed by atoms with Crippen LogP contribution in [-0.2, 0) is 30.6 Å². The van der Waals surface area contributed by atoms with E-state index in [1.807, 2.05) is 18.2 Å². The summed E-state index contributed by atoms with van der Waals surface area (Å²) in [5.74, 6) is -2.07. The standard InChI is InChI=1S/C20H26N4O7/c1-12(2)17(23-19(28)30-11-14-7-5-4-6-8-14)18(27)21-13(3)22-20(29)31-24-15(25)9-10-16(24)26/h4-8,12-13,17H,9-11H2,1-3H3,(H,21,27)(H,22,29)(H,23,28)/t13-,17+/m1/s1. The molecule has 0 aromatic heterocycles. The smallest absolute Gasteiger partial charge is 0.433 e. The molecule has 2 atom stereocenters. The van der Waals surface area contributed by atoms with Gasteiger partial charge in [-0.2, -0.15) is 0 Å². The average molecular weight is 434 g/mol.